The molecule has 0 aliphatic rings. The molecule has 2 aromatic rings. The molecule has 0 saturated carbocycles. The summed E-state index contributed by atoms with van der Waals surface area (Å²) in [6.45, 7) is 5.09. The minimum absolute atomic E-state index is 0.601. The van der Waals surface area contributed by atoms with Gasteiger partial charge in [0.2, 0.25) is 0 Å². The van der Waals surface area contributed by atoms with E-state index in [0.29, 0.717) is 24.6 Å². The van der Waals surface area contributed by atoms with Gasteiger partial charge in [-0.1, -0.05) is 12.1 Å². The predicted octanol–water partition coefficient (Wildman–Crippen LogP) is 3.24. The third kappa shape index (κ3) is 3.81. The number of hydrogen-bond acceptors (Lipinski definition) is 4. The van der Waals surface area contributed by atoms with Crippen LogP contribution in [0.25, 0.3) is 0 Å². The molecule has 0 aliphatic heterocycles. The molecule has 0 radical (unpaired) electrons. The van der Waals surface area contributed by atoms with Gasteiger partial charge in [-0.3, -0.25) is 0 Å². The monoisotopic (exact) mass is 286 g/mol. The van der Waals surface area contributed by atoms with Gasteiger partial charge >= 0.3 is 0 Å². The first-order chi connectivity index (χ1) is 10.1. The number of anilines is 2. The smallest absolute Gasteiger partial charge is 0.142 e. The highest BCUT2D eigenvalue weighted by Crippen LogP contribution is 2.27. The second-order valence-corrected chi connectivity index (χ2v) is 4.79. The van der Waals surface area contributed by atoms with E-state index >= 15 is 0 Å². The molecule has 4 N–H and O–H groups in total. The number of rotatable bonds is 6. The molecule has 21 heavy (non-hydrogen) atoms. The highest BCUT2D eigenvalue weighted by molar-refractivity contribution is 5.56. The quantitative estimate of drug-likeness (QED) is 0.800. The zero-order valence-corrected chi connectivity index (χ0v) is 12.6. The maximum Gasteiger partial charge on any atom is 0.142 e. The van der Waals surface area contributed by atoms with E-state index in [4.69, 9.17) is 20.9 Å². The van der Waals surface area contributed by atoms with Crippen LogP contribution in [-0.2, 0) is 6.42 Å². The highest BCUT2D eigenvalue weighted by atomic mass is 16.5. The van der Waals surface area contributed by atoms with E-state index < -0.39 is 0 Å². The van der Waals surface area contributed by atoms with Crippen molar-refractivity contribution >= 4 is 11.4 Å². The molecule has 0 heterocycles. The van der Waals surface area contributed by atoms with Crippen molar-refractivity contribution in [2.24, 2.45) is 0 Å². The number of hydrogen-bond donors (Lipinski definition) is 2. The first kappa shape index (κ1) is 15.0. The Morgan fingerprint density at radius 1 is 0.762 bits per heavy atom. The lowest BCUT2D eigenvalue weighted by atomic mass is 10.0. The van der Waals surface area contributed by atoms with Gasteiger partial charge in [0.05, 0.1) is 24.6 Å². The van der Waals surface area contributed by atoms with Crippen LogP contribution in [0.5, 0.6) is 11.5 Å². The molecule has 0 fully saturated rings. The average molecular weight is 286 g/mol. The van der Waals surface area contributed by atoms with E-state index in [1.54, 1.807) is 0 Å². The van der Waals surface area contributed by atoms with Crippen LogP contribution in [-0.4, -0.2) is 13.2 Å². The van der Waals surface area contributed by atoms with Crippen LogP contribution in [0.1, 0.15) is 25.0 Å². The molecule has 0 saturated heterocycles. The summed E-state index contributed by atoms with van der Waals surface area (Å²) in [7, 11) is 0. The third-order valence-electron chi connectivity index (χ3n) is 3.16. The van der Waals surface area contributed by atoms with Crippen molar-refractivity contribution in [3.05, 3.63) is 47.5 Å². The first-order valence-corrected chi connectivity index (χ1v) is 7.16. The molecule has 0 bridgehead atoms. The Labute approximate surface area is 125 Å². The summed E-state index contributed by atoms with van der Waals surface area (Å²) in [6, 6.07) is 11.7. The van der Waals surface area contributed by atoms with E-state index in [2.05, 4.69) is 0 Å². The van der Waals surface area contributed by atoms with Crippen molar-refractivity contribution in [2.45, 2.75) is 20.3 Å². The Kier molecular flexibility index (Phi) is 4.93. The third-order valence-corrected chi connectivity index (χ3v) is 3.16. The summed E-state index contributed by atoms with van der Waals surface area (Å²) in [6.07, 6.45) is 0.778. The van der Waals surface area contributed by atoms with E-state index in [-0.39, 0.29) is 0 Å². The van der Waals surface area contributed by atoms with E-state index in [1.165, 1.54) is 0 Å². The van der Waals surface area contributed by atoms with Crippen molar-refractivity contribution in [3.63, 3.8) is 0 Å². The number of nitrogens with two attached hydrogens (primary N) is 2. The predicted molar refractivity (Wildman–Crippen MR) is 86.9 cm³/mol. The fraction of sp³-hybridized carbons (Fsp3) is 0.294. The molecule has 0 unspecified atom stereocenters. The molecule has 2 rings (SSSR count). The van der Waals surface area contributed by atoms with Crippen molar-refractivity contribution in [3.8, 4) is 11.5 Å². The van der Waals surface area contributed by atoms with Crippen LogP contribution >= 0.6 is 0 Å². The van der Waals surface area contributed by atoms with E-state index in [9.17, 15) is 0 Å². The van der Waals surface area contributed by atoms with Crippen LogP contribution in [0.2, 0.25) is 0 Å². The van der Waals surface area contributed by atoms with Gasteiger partial charge in [0.25, 0.3) is 0 Å². The number of nitrogen functional groups attached to an aromatic ring is 2. The summed E-state index contributed by atoms with van der Waals surface area (Å²) in [5.74, 6) is 1.46. The SMILES string of the molecule is CCOc1cc(Cc2ccc(N)c(OCC)c2)ccc1N. The lowest BCUT2D eigenvalue weighted by Crippen LogP contribution is -2.00. The Morgan fingerprint density at radius 3 is 1.57 bits per heavy atom. The van der Waals surface area contributed by atoms with Crippen molar-refractivity contribution in [1.29, 1.82) is 0 Å². The maximum atomic E-state index is 5.89. The summed E-state index contributed by atoms with van der Waals surface area (Å²) >= 11 is 0. The number of ether oxygens (including phenoxy) is 2. The lowest BCUT2D eigenvalue weighted by Gasteiger charge is -2.11. The molecule has 4 heteroatoms. The van der Waals surface area contributed by atoms with Crippen LogP contribution in [0, 0.1) is 0 Å². The first-order valence-electron chi connectivity index (χ1n) is 7.16. The summed E-state index contributed by atoms with van der Waals surface area (Å²) in [4.78, 5) is 0. The molecular formula is C17H22N2O2. The van der Waals surface area contributed by atoms with Crippen LogP contribution in [0.4, 0.5) is 11.4 Å². The molecule has 0 aliphatic carbocycles. The van der Waals surface area contributed by atoms with Crippen molar-refractivity contribution in [1.82, 2.24) is 0 Å². The van der Waals surface area contributed by atoms with E-state index in [0.717, 1.165) is 29.0 Å². The van der Waals surface area contributed by atoms with Gasteiger partial charge in [-0.15, -0.1) is 0 Å². The molecule has 112 valence electrons. The Hall–Kier alpha value is -2.36. The van der Waals surface area contributed by atoms with E-state index in [1.807, 2.05) is 50.2 Å². The van der Waals surface area contributed by atoms with Crippen LogP contribution < -0.4 is 20.9 Å². The maximum absolute atomic E-state index is 5.89. The average Bonchev–Trinajstić information content (AvgIpc) is 2.47. The van der Waals surface area contributed by atoms with Crippen molar-refractivity contribution < 1.29 is 9.47 Å². The molecule has 0 atom stereocenters. The highest BCUT2D eigenvalue weighted by Gasteiger charge is 2.06. The van der Waals surface area contributed by atoms with Crippen molar-refractivity contribution in [2.75, 3.05) is 24.7 Å². The number of benzene rings is 2. The minimum atomic E-state index is 0.601. The van der Waals surface area contributed by atoms with Gasteiger partial charge in [0.15, 0.2) is 0 Å². The lowest BCUT2D eigenvalue weighted by molar-refractivity contribution is 0.341. The van der Waals surface area contributed by atoms with Gasteiger partial charge in [-0.25, -0.2) is 0 Å². The second kappa shape index (κ2) is 6.88. The Balaban J connectivity index is 2.21. The topological polar surface area (TPSA) is 70.5 Å². The fourth-order valence-electron chi connectivity index (χ4n) is 2.17. The molecule has 0 spiro atoms. The fourth-order valence-corrected chi connectivity index (χ4v) is 2.17. The Morgan fingerprint density at radius 2 is 1.19 bits per heavy atom. The van der Waals surface area contributed by atoms with Gasteiger partial charge in [-0.05, 0) is 55.7 Å². The van der Waals surface area contributed by atoms with Crippen LogP contribution in [0.3, 0.4) is 0 Å². The zero-order valence-electron chi connectivity index (χ0n) is 12.6. The van der Waals surface area contributed by atoms with Gasteiger partial charge in [-0.2, -0.15) is 0 Å². The van der Waals surface area contributed by atoms with Gasteiger partial charge < -0.3 is 20.9 Å². The molecule has 2 aromatic carbocycles. The summed E-state index contributed by atoms with van der Waals surface area (Å²) in [5.41, 5.74) is 15.4. The molecule has 0 amide bonds. The molecule has 0 aromatic heterocycles. The van der Waals surface area contributed by atoms with Gasteiger partial charge in [0, 0.05) is 0 Å². The normalized spacial score (nSPS) is 10.4. The summed E-state index contributed by atoms with van der Waals surface area (Å²) < 4.78 is 11.1. The molecular weight excluding hydrogens is 264 g/mol. The zero-order chi connectivity index (χ0) is 15.2. The Bertz CT molecular complexity index is 558. The summed E-state index contributed by atoms with van der Waals surface area (Å²) in [5, 5.41) is 0. The largest absolute Gasteiger partial charge is 0.492 e. The molecule has 4 nitrogen and oxygen atoms in total. The van der Waals surface area contributed by atoms with Crippen LogP contribution in [0.15, 0.2) is 36.4 Å². The second-order valence-electron chi connectivity index (χ2n) is 4.79. The van der Waals surface area contributed by atoms with Gasteiger partial charge in [0.1, 0.15) is 11.5 Å². The minimum Gasteiger partial charge on any atom is -0.492 e. The standard InChI is InChI=1S/C17H22N2O2/c1-3-20-16-10-12(5-7-14(16)18)9-13-6-8-15(19)17(11-13)21-4-2/h5-8,10-11H,3-4,9,18-19H2,1-2H3.